The highest BCUT2D eigenvalue weighted by Gasteiger charge is 2.26. The van der Waals surface area contributed by atoms with Crippen molar-refractivity contribution in [1.29, 1.82) is 0 Å². The molecule has 0 bridgehead atoms. The smallest absolute Gasteiger partial charge is 0.127 e. The molecule has 0 N–H and O–H groups in total. The summed E-state index contributed by atoms with van der Waals surface area (Å²) in [5.41, 5.74) is 1.41. The van der Waals surface area contributed by atoms with Crippen molar-refractivity contribution >= 4 is 0 Å². The average molecular weight is 357 g/mol. The van der Waals surface area contributed by atoms with E-state index < -0.39 is 0 Å². The number of hydrogen-bond donors (Lipinski definition) is 0. The molecule has 1 aliphatic rings. The summed E-state index contributed by atoms with van der Waals surface area (Å²) in [4.78, 5) is 5.03. The van der Waals surface area contributed by atoms with Crippen molar-refractivity contribution in [3.8, 4) is 0 Å². The molecule has 1 heterocycles. The molecule has 0 aromatic heterocycles. The van der Waals surface area contributed by atoms with Crippen molar-refractivity contribution in [2.75, 3.05) is 13.1 Å². The van der Waals surface area contributed by atoms with Crippen molar-refractivity contribution in [3.05, 3.63) is 48.3 Å². The second kappa shape index (κ2) is 12.8. The number of nitrogens with zero attached hydrogens (tertiary/aromatic N) is 2. The van der Waals surface area contributed by atoms with E-state index in [0.717, 1.165) is 6.54 Å². The second-order valence-electron chi connectivity index (χ2n) is 7.74. The molecule has 1 aromatic rings. The molecule has 0 saturated heterocycles. The molecular weight excluding hydrogens is 316 g/mol. The monoisotopic (exact) mass is 356 g/mol. The highest BCUT2D eigenvalue weighted by Crippen LogP contribution is 2.31. The van der Waals surface area contributed by atoms with E-state index in [1.165, 1.54) is 82.7 Å². The molecule has 0 aliphatic carbocycles. The molecule has 0 fully saturated rings. The fourth-order valence-electron chi connectivity index (χ4n) is 3.97. The van der Waals surface area contributed by atoms with Crippen LogP contribution >= 0.6 is 0 Å². The first-order valence-electron chi connectivity index (χ1n) is 11.1. The molecule has 2 rings (SSSR count). The van der Waals surface area contributed by atoms with E-state index in [-0.39, 0.29) is 0 Å². The van der Waals surface area contributed by atoms with Crippen LogP contribution in [0.15, 0.2) is 42.7 Å². The molecule has 1 atom stereocenters. The van der Waals surface area contributed by atoms with Crippen LogP contribution in [0, 0.1) is 0 Å². The van der Waals surface area contributed by atoms with Gasteiger partial charge in [0.2, 0.25) is 0 Å². The first-order chi connectivity index (χ1) is 12.9. The van der Waals surface area contributed by atoms with Crippen molar-refractivity contribution < 1.29 is 0 Å². The lowest BCUT2D eigenvalue weighted by atomic mass is 10.1. The highest BCUT2D eigenvalue weighted by molar-refractivity contribution is 5.21. The normalized spacial score (nSPS) is 16.6. The van der Waals surface area contributed by atoms with E-state index in [9.17, 15) is 0 Å². The van der Waals surface area contributed by atoms with Gasteiger partial charge in [-0.2, -0.15) is 0 Å². The first-order valence-corrected chi connectivity index (χ1v) is 11.1. The van der Waals surface area contributed by atoms with Gasteiger partial charge in [0.1, 0.15) is 6.17 Å². The molecule has 26 heavy (non-hydrogen) atoms. The predicted molar refractivity (Wildman–Crippen MR) is 114 cm³/mol. The van der Waals surface area contributed by atoms with E-state index in [1.807, 2.05) is 0 Å². The third kappa shape index (κ3) is 7.05. The summed E-state index contributed by atoms with van der Waals surface area (Å²) in [5.74, 6) is 0. The van der Waals surface area contributed by atoms with Gasteiger partial charge in [-0.05, 0) is 18.4 Å². The summed E-state index contributed by atoms with van der Waals surface area (Å²) < 4.78 is 0. The van der Waals surface area contributed by atoms with E-state index in [2.05, 4.69) is 66.4 Å². The topological polar surface area (TPSA) is 6.48 Å². The maximum absolute atomic E-state index is 2.54. The molecule has 1 aromatic carbocycles. The van der Waals surface area contributed by atoms with Gasteiger partial charge in [-0.15, -0.1) is 0 Å². The van der Waals surface area contributed by atoms with Crippen molar-refractivity contribution in [1.82, 2.24) is 9.80 Å². The highest BCUT2D eigenvalue weighted by atomic mass is 15.4. The van der Waals surface area contributed by atoms with Crippen LogP contribution in [0.3, 0.4) is 0 Å². The van der Waals surface area contributed by atoms with Gasteiger partial charge in [0.15, 0.2) is 0 Å². The van der Waals surface area contributed by atoms with Crippen LogP contribution in [0.4, 0.5) is 0 Å². The standard InChI is InChI=1S/C24H40N2/c1-3-5-6-7-8-9-10-11-12-16-20-26-22-21-25(19-4-2)24(26)23-17-14-13-15-18-23/h13-15,17-18,21-22,24H,3-12,16,19-20H2,1-2H3. The van der Waals surface area contributed by atoms with Crippen molar-refractivity contribution in [2.45, 2.75) is 90.6 Å². The van der Waals surface area contributed by atoms with Crippen LogP contribution in [-0.4, -0.2) is 22.9 Å². The zero-order valence-corrected chi connectivity index (χ0v) is 17.2. The van der Waals surface area contributed by atoms with Crippen LogP contribution in [-0.2, 0) is 0 Å². The fraction of sp³-hybridized carbons (Fsp3) is 0.667. The Kier molecular flexibility index (Phi) is 10.3. The third-order valence-corrected chi connectivity index (χ3v) is 5.43. The second-order valence-corrected chi connectivity index (χ2v) is 7.74. The molecule has 2 heteroatoms. The van der Waals surface area contributed by atoms with Crippen LogP contribution in [0.2, 0.25) is 0 Å². The Morgan fingerprint density at radius 1 is 0.615 bits per heavy atom. The Balaban J connectivity index is 1.65. The van der Waals surface area contributed by atoms with Gasteiger partial charge in [0.05, 0.1) is 0 Å². The number of benzene rings is 1. The minimum atomic E-state index is 0.398. The van der Waals surface area contributed by atoms with Gasteiger partial charge in [-0.1, -0.05) is 102 Å². The van der Waals surface area contributed by atoms with Gasteiger partial charge in [0, 0.05) is 25.5 Å². The lowest BCUT2D eigenvalue weighted by Crippen LogP contribution is -2.31. The average Bonchev–Trinajstić information content (AvgIpc) is 3.07. The van der Waals surface area contributed by atoms with Gasteiger partial charge in [-0.3, -0.25) is 0 Å². The third-order valence-electron chi connectivity index (χ3n) is 5.43. The Morgan fingerprint density at radius 2 is 1.15 bits per heavy atom. The maximum atomic E-state index is 2.54. The van der Waals surface area contributed by atoms with Crippen molar-refractivity contribution in [2.24, 2.45) is 0 Å². The summed E-state index contributed by atoms with van der Waals surface area (Å²) in [6, 6.07) is 11.0. The zero-order chi connectivity index (χ0) is 18.5. The van der Waals surface area contributed by atoms with Gasteiger partial charge in [-0.25, -0.2) is 0 Å². The maximum Gasteiger partial charge on any atom is 0.127 e. The summed E-state index contributed by atoms with van der Waals surface area (Å²) >= 11 is 0. The molecule has 1 unspecified atom stereocenters. The van der Waals surface area contributed by atoms with Crippen LogP contribution in [0.1, 0.15) is 96.2 Å². The Morgan fingerprint density at radius 3 is 1.73 bits per heavy atom. The van der Waals surface area contributed by atoms with Crippen LogP contribution < -0.4 is 0 Å². The fourth-order valence-corrected chi connectivity index (χ4v) is 3.97. The SMILES string of the molecule is CCCCCCCCCCCCN1C=CN(CCC)C1c1ccccc1. The molecule has 2 nitrogen and oxygen atoms in total. The van der Waals surface area contributed by atoms with E-state index in [4.69, 9.17) is 0 Å². The molecule has 1 aliphatic heterocycles. The van der Waals surface area contributed by atoms with E-state index in [1.54, 1.807) is 0 Å². The Hall–Kier alpha value is -1.44. The summed E-state index contributed by atoms with van der Waals surface area (Å²) in [5, 5.41) is 0. The minimum absolute atomic E-state index is 0.398. The van der Waals surface area contributed by atoms with E-state index in [0.29, 0.717) is 6.17 Å². The van der Waals surface area contributed by atoms with Gasteiger partial charge >= 0.3 is 0 Å². The minimum Gasteiger partial charge on any atom is -0.352 e. The quantitative estimate of drug-likeness (QED) is 0.328. The largest absolute Gasteiger partial charge is 0.352 e. The van der Waals surface area contributed by atoms with Crippen molar-refractivity contribution in [3.63, 3.8) is 0 Å². The van der Waals surface area contributed by atoms with Crippen LogP contribution in [0.5, 0.6) is 0 Å². The number of hydrogen-bond acceptors (Lipinski definition) is 2. The molecule has 0 spiro atoms. The van der Waals surface area contributed by atoms with Crippen LogP contribution in [0.25, 0.3) is 0 Å². The molecule has 0 radical (unpaired) electrons. The molecule has 0 amide bonds. The lowest BCUT2D eigenvalue weighted by Gasteiger charge is -2.33. The van der Waals surface area contributed by atoms with Gasteiger partial charge < -0.3 is 9.80 Å². The number of unbranched alkanes of at least 4 members (excludes halogenated alkanes) is 9. The summed E-state index contributed by atoms with van der Waals surface area (Å²) in [6.07, 6.45) is 20.2. The van der Waals surface area contributed by atoms with E-state index >= 15 is 0 Å². The lowest BCUT2D eigenvalue weighted by molar-refractivity contribution is 0.152. The summed E-state index contributed by atoms with van der Waals surface area (Å²) in [7, 11) is 0. The zero-order valence-electron chi connectivity index (χ0n) is 17.2. The summed E-state index contributed by atoms with van der Waals surface area (Å²) in [6.45, 7) is 6.86. The Bertz CT molecular complexity index is 482. The molecule has 146 valence electrons. The number of rotatable bonds is 14. The van der Waals surface area contributed by atoms with Gasteiger partial charge in [0.25, 0.3) is 0 Å². The predicted octanol–water partition coefficient (Wildman–Crippen LogP) is 7.10. The molecular formula is C24H40N2. The molecule has 0 saturated carbocycles. The first kappa shape index (κ1) is 20.9. The Labute approximate surface area is 162 Å².